The molecule has 2 saturated heterocycles. The van der Waals surface area contributed by atoms with E-state index >= 15 is 0 Å². The summed E-state index contributed by atoms with van der Waals surface area (Å²) >= 11 is 1.66. The first kappa shape index (κ1) is 15.6. The molecule has 0 aromatic carbocycles. The second-order valence-corrected chi connectivity index (χ2v) is 7.93. The van der Waals surface area contributed by atoms with Gasteiger partial charge < -0.3 is 9.80 Å². The summed E-state index contributed by atoms with van der Waals surface area (Å²) in [5.41, 5.74) is 0.211. The molecule has 4 heterocycles. The Kier molecular flexibility index (Phi) is 4.22. The predicted molar refractivity (Wildman–Crippen MR) is 95.1 cm³/mol. The zero-order valence-corrected chi connectivity index (χ0v) is 14.5. The predicted octanol–water partition coefficient (Wildman–Crippen LogP) is 2.60. The lowest BCUT2D eigenvalue weighted by Gasteiger charge is -2.40. The van der Waals surface area contributed by atoms with Gasteiger partial charge in [-0.15, -0.1) is 11.3 Å². The molecule has 2 aromatic rings. The quantitative estimate of drug-likeness (QED) is 0.860. The Morgan fingerprint density at radius 1 is 1.17 bits per heavy atom. The fourth-order valence-electron chi connectivity index (χ4n) is 3.99. The summed E-state index contributed by atoms with van der Waals surface area (Å²) in [7, 11) is 0. The minimum absolute atomic E-state index is 0.211. The highest BCUT2D eigenvalue weighted by molar-refractivity contribution is 7.10. The average molecular weight is 342 g/mol. The fraction of sp³-hybridized carbons (Fsp3) is 0.500. The number of hydrogen-bond acceptors (Lipinski definition) is 5. The second-order valence-electron chi connectivity index (χ2n) is 6.90. The van der Waals surface area contributed by atoms with Crippen molar-refractivity contribution in [3.8, 4) is 0 Å². The van der Waals surface area contributed by atoms with Crippen LogP contribution in [0.1, 0.15) is 24.1 Å². The van der Waals surface area contributed by atoms with Gasteiger partial charge in [-0.3, -0.25) is 4.79 Å². The van der Waals surface area contributed by atoms with Crippen molar-refractivity contribution < 1.29 is 4.79 Å². The zero-order valence-electron chi connectivity index (χ0n) is 13.7. The first-order valence-corrected chi connectivity index (χ1v) is 9.44. The van der Waals surface area contributed by atoms with Gasteiger partial charge in [0.05, 0.1) is 6.42 Å². The molecule has 126 valence electrons. The third-order valence-corrected chi connectivity index (χ3v) is 6.07. The molecule has 24 heavy (non-hydrogen) atoms. The molecule has 0 bridgehead atoms. The Labute approximate surface area is 146 Å². The van der Waals surface area contributed by atoms with Gasteiger partial charge in [0, 0.05) is 48.9 Å². The van der Waals surface area contributed by atoms with Crippen molar-refractivity contribution in [2.24, 2.45) is 5.41 Å². The van der Waals surface area contributed by atoms with Gasteiger partial charge >= 0.3 is 0 Å². The van der Waals surface area contributed by atoms with E-state index in [2.05, 4.69) is 19.8 Å². The Bertz CT molecular complexity index is 690. The van der Waals surface area contributed by atoms with Crippen molar-refractivity contribution in [1.82, 2.24) is 14.9 Å². The van der Waals surface area contributed by atoms with Gasteiger partial charge in [0.2, 0.25) is 11.9 Å². The molecule has 0 N–H and O–H groups in total. The van der Waals surface area contributed by atoms with Crippen molar-refractivity contribution in [3.05, 3.63) is 40.8 Å². The number of rotatable bonds is 3. The van der Waals surface area contributed by atoms with E-state index in [4.69, 9.17) is 0 Å². The van der Waals surface area contributed by atoms with Gasteiger partial charge in [-0.25, -0.2) is 9.97 Å². The maximum absolute atomic E-state index is 12.6. The number of anilines is 1. The maximum atomic E-state index is 12.6. The molecule has 0 radical (unpaired) electrons. The number of carbonyl (C=O) groups excluding carboxylic acids is 1. The molecule has 1 amide bonds. The molecule has 0 saturated carbocycles. The number of piperidine rings is 1. The molecular formula is C18H22N4OS. The van der Waals surface area contributed by atoms with Crippen LogP contribution in [-0.2, 0) is 11.2 Å². The van der Waals surface area contributed by atoms with Crippen molar-refractivity contribution in [2.45, 2.75) is 25.7 Å². The number of thiophene rings is 1. The van der Waals surface area contributed by atoms with E-state index < -0.39 is 0 Å². The number of carbonyl (C=O) groups is 1. The van der Waals surface area contributed by atoms with E-state index in [9.17, 15) is 4.79 Å². The molecular weight excluding hydrogens is 320 g/mol. The van der Waals surface area contributed by atoms with Gasteiger partial charge in [0.15, 0.2) is 0 Å². The van der Waals surface area contributed by atoms with Crippen LogP contribution >= 0.6 is 11.3 Å². The third-order valence-electron chi connectivity index (χ3n) is 5.19. The summed E-state index contributed by atoms with van der Waals surface area (Å²) in [5, 5.41) is 2.03. The number of aromatic nitrogens is 2. The van der Waals surface area contributed by atoms with Crippen molar-refractivity contribution >= 4 is 23.2 Å². The lowest BCUT2D eigenvalue weighted by molar-refractivity contribution is -0.129. The highest BCUT2D eigenvalue weighted by Gasteiger charge is 2.43. The Balaban J connectivity index is 1.42. The molecule has 4 rings (SSSR count). The molecule has 5 nitrogen and oxygen atoms in total. The average Bonchev–Trinajstić information content (AvgIpc) is 3.26. The van der Waals surface area contributed by atoms with Crippen LogP contribution in [0.2, 0.25) is 0 Å². The zero-order chi connectivity index (χ0) is 16.4. The van der Waals surface area contributed by atoms with Crippen LogP contribution in [0.25, 0.3) is 0 Å². The summed E-state index contributed by atoms with van der Waals surface area (Å²) in [6.45, 7) is 3.73. The van der Waals surface area contributed by atoms with E-state index in [-0.39, 0.29) is 11.3 Å². The van der Waals surface area contributed by atoms with Crippen molar-refractivity contribution in [1.29, 1.82) is 0 Å². The fourth-order valence-corrected chi connectivity index (χ4v) is 4.68. The van der Waals surface area contributed by atoms with E-state index in [1.807, 2.05) is 23.6 Å². The van der Waals surface area contributed by atoms with Crippen LogP contribution in [0, 0.1) is 5.41 Å². The van der Waals surface area contributed by atoms with Crippen LogP contribution in [0.15, 0.2) is 36.0 Å². The minimum Gasteiger partial charge on any atom is -0.342 e. The van der Waals surface area contributed by atoms with Gasteiger partial charge in [-0.2, -0.15) is 0 Å². The minimum atomic E-state index is 0.211. The van der Waals surface area contributed by atoms with E-state index in [0.717, 1.165) is 49.8 Å². The lowest BCUT2D eigenvalue weighted by Crippen LogP contribution is -2.46. The standard InChI is InChI=1S/C18H22N4OS/c23-16(12-15-4-1-11-24-15)21-10-6-18(13-21)5-2-9-22(14-18)17-19-7-3-8-20-17/h1,3-4,7-8,11H,2,5-6,9-10,12-14H2/t18-/m0/s1. The largest absolute Gasteiger partial charge is 0.342 e. The first-order chi connectivity index (χ1) is 11.7. The summed E-state index contributed by atoms with van der Waals surface area (Å²) in [5.74, 6) is 1.09. The summed E-state index contributed by atoms with van der Waals surface area (Å²) in [6.07, 6.45) is 7.57. The molecule has 2 aliphatic heterocycles. The topological polar surface area (TPSA) is 49.3 Å². The highest BCUT2D eigenvalue weighted by Crippen LogP contribution is 2.39. The smallest absolute Gasteiger partial charge is 0.227 e. The number of likely N-dealkylation sites (tertiary alicyclic amines) is 1. The molecule has 1 atom stereocenters. The number of nitrogens with zero attached hydrogens (tertiary/aromatic N) is 4. The Hall–Kier alpha value is -1.95. The van der Waals surface area contributed by atoms with Crippen LogP contribution in [0.5, 0.6) is 0 Å². The Morgan fingerprint density at radius 3 is 2.83 bits per heavy atom. The highest BCUT2D eigenvalue weighted by atomic mass is 32.1. The summed E-state index contributed by atoms with van der Waals surface area (Å²) < 4.78 is 0. The second kappa shape index (κ2) is 6.51. The molecule has 1 spiro atoms. The normalized spacial score (nSPS) is 23.8. The maximum Gasteiger partial charge on any atom is 0.227 e. The van der Waals surface area contributed by atoms with Gasteiger partial charge in [-0.05, 0) is 36.8 Å². The number of amides is 1. The summed E-state index contributed by atoms with van der Waals surface area (Å²) in [6, 6.07) is 5.91. The first-order valence-electron chi connectivity index (χ1n) is 8.56. The monoisotopic (exact) mass is 342 g/mol. The third kappa shape index (κ3) is 3.15. The molecule has 0 aliphatic carbocycles. The molecule has 2 fully saturated rings. The van der Waals surface area contributed by atoms with E-state index in [1.54, 1.807) is 23.7 Å². The van der Waals surface area contributed by atoms with E-state index in [0.29, 0.717) is 6.42 Å². The van der Waals surface area contributed by atoms with Crippen LogP contribution in [-0.4, -0.2) is 47.0 Å². The van der Waals surface area contributed by atoms with Crippen molar-refractivity contribution in [2.75, 3.05) is 31.1 Å². The van der Waals surface area contributed by atoms with Crippen LogP contribution in [0.4, 0.5) is 5.95 Å². The summed E-state index contributed by atoms with van der Waals surface area (Å²) in [4.78, 5) is 26.9. The molecule has 0 unspecified atom stereocenters. The number of hydrogen-bond donors (Lipinski definition) is 0. The van der Waals surface area contributed by atoms with Crippen molar-refractivity contribution in [3.63, 3.8) is 0 Å². The SMILES string of the molecule is O=C(Cc1cccs1)N1CC[C@@]2(CCCN(c3ncccn3)C2)C1. The Morgan fingerprint density at radius 2 is 2.04 bits per heavy atom. The van der Waals surface area contributed by atoms with Gasteiger partial charge in [0.25, 0.3) is 0 Å². The van der Waals surface area contributed by atoms with Gasteiger partial charge in [-0.1, -0.05) is 6.07 Å². The van der Waals surface area contributed by atoms with Crippen LogP contribution in [0.3, 0.4) is 0 Å². The van der Waals surface area contributed by atoms with E-state index in [1.165, 1.54) is 6.42 Å². The van der Waals surface area contributed by atoms with Crippen LogP contribution < -0.4 is 4.90 Å². The van der Waals surface area contributed by atoms with Gasteiger partial charge in [0.1, 0.15) is 0 Å². The molecule has 6 heteroatoms. The molecule has 2 aliphatic rings. The molecule has 2 aromatic heterocycles. The lowest BCUT2D eigenvalue weighted by atomic mass is 9.79.